The lowest BCUT2D eigenvalue weighted by atomic mass is 9.83. The molecule has 1 atom stereocenters. The Labute approximate surface area is 150 Å². The Morgan fingerprint density at radius 3 is 2.50 bits per heavy atom. The van der Waals surface area contributed by atoms with Crippen molar-refractivity contribution in [2.75, 3.05) is 6.54 Å². The van der Waals surface area contributed by atoms with Gasteiger partial charge in [0, 0.05) is 11.9 Å². The van der Waals surface area contributed by atoms with Crippen LogP contribution in [0.1, 0.15) is 18.2 Å². The second kappa shape index (κ2) is 6.89. The number of para-hydroxylation sites is 1. The van der Waals surface area contributed by atoms with Crippen LogP contribution in [0, 0.1) is 0 Å². The van der Waals surface area contributed by atoms with E-state index >= 15 is 0 Å². The molecule has 136 valence electrons. The van der Waals surface area contributed by atoms with Crippen LogP contribution in [0.3, 0.4) is 0 Å². The molecule has 1 unspecified atom stereocenters. The summed E-state index contributed by atoms with van der Waals surface area (Å²) >= 11 is 0. The smallest absolute Gasteiger partial charge is 0.315 e. The number of fused-ring (bicyclic) bond motifs is 1. The Bertz CT molecular complexity index is 1030. The van der Waals surface area contributed by atoms with Crippen LogP contribution in [0.5, 0.6) is 0 Å². The van der Waals surface area contributed by atoms with E-state index in [1.807, 2.05) is 0 Å². The summed E-state index contributed by atoms with van der Waals surface area (Å²) in [5, 5.41) is 14.0. The maximum absolute atomic E-state index is 12.5. The Morgan fingerprint density at radius 1 is 1.15 bits per heavy atom. The van der Waals surface area contributed by atoms with Gasteiger partial charge in [0.05, 0.1) is 0 Å². The molecule has 0 saturated heterocycles. The predicted molar refractivity (Wildman–Crippen MR) is 96.1 cm³/mol. The number of carbonyl (C=O) groups is 1. The summed E-state index contributed by atoms with van der Waals surface area (Å²) in [7, 11) is -3.81. The van der Waals surface area contributed by atoms with E-state index in [9.17, 15) is 18.3 Å². The number of hydrogen-bond donors (Lipinski definition) is 2. The molecule has 0 radical (unpaired) electrons. The van der Waals surface area contributed by atoms with E-state index in [-0.39, 0.29) is 12.2 Å². The number of benzene rings is 2. The largest absolute Gasteiger partial charge is 0.481 e. The average molecular weight is 374 g/mol. The molecular weight excluding hydrogens is 356 g/mol. The summed E-state index contributed by atoms with van der Waals surface area (Å²) in [6, 6.07) is 15.5. The van der Waals surface area contributed by atoms with Gasteiger partial charge in [0.25, 0.3) is 0 Å². The van der Waals surface area contributed by atoms with Crippen LogP contribution >= 0.6 is 0 Å². The van der Waals surface area contributed by atoms with Gasteiger partial charge in [0.1, 0.15) is 16.9 Å². The number of aliphatic carboxylic acids is 1. The zero-order chi connectivity index (χ0) is 18.8. The molecule has 0 spiro atoms. The van der Waals surface area contributed by atoms with Crippen LogP contribution in [-0.4, -0.2) is 31.2 Å². The van der Waals surface area contributed by atoms with Crippen LogP contribution in [0.15, 0.2) is 59.1 Å². The van der Waals surface area contributed by atoms with Crippen molar-refractivity contribution in [3.63, 3.8) is 0 Å². The average Bonchev–Trinajstić information content (AvgIpc) is 3.03. The molecule has 3 aromatic rings. The first-order valence-electron chi connectivity index (χ1n) is 7.91. The second-order valence-electron chi connectivity index (χ2n) is 6.21. The van der Waals surface area contributed by atoms with Gasteiger partial charge in [-0.25, -0.2) is 13.1 Å². The first-order valence-corrected chi connectivity index (χ1v) is 9.57. The van der Waals surface area contributed by atoms with Crippen molar-refractivity contribution in [3.8, 4) is 0 Å². The minimum atomic E-state index is -3.81. The molecule has 3 rings (SSSR count). The molecule has 0 amide bonds. The summed E-state index contributed by atoms with van der Waals surface area (Å²) in [5.74, 6) is -1.51. The molecule has 0 aliphatic carbocycles. The maximum atomic E-state index is 12.5. The van der Waals surface area contributed by atoms with Crippen molar-refractivity contribution in [1.29, 1.82) is 0 Å². The third-order valence-corrected chi connectivity index (χ3v) is 5.55. The van der Waals surface area contributed by atoms with Gasteiger partial charge < -0.3 is 9.63 Å². The summed E-state index contributed by atoms with van der Waals surface area (Å²) in [6.45, 7) is 1.21. The lowest BCUT2D eigenvalue weighted by molar-refractivity contribution is -0.142. The fourth-order valence-electron chi connectivity index (χ4n) is 2.63. The van der Waals surface area contributed by atoms with Crippen molar-refractivity contribution in [3.05, 3.63) is 65.9 Å². The molecule has 0 fully saturated rings. The van der Waals surface area contributed by atoms with Crippen molar-refractivity contribution in [2.45, 2.75) is 18.1 Å². The first kappa shape index (κ1) is 18.1. The third-order valence-electron chi connectivity index (χ3n) is 4.31. The fourth-order valence-corrected chi connectivity index (χ4v) is 3.81. The Hall–Kier alpha value is -2.71. The number of carboxylic acid groups (broad SMARTS) is 1. The third kappa shape index (κ3) is 3.61. The highest BCUT2D eigenvalue weighted by Crippen LogP contribution is 2.24. The minimum Gasteiger partial charge on any atom is -0.481 e. The molecule has 0 saturated carbocycles. The van der Waals surface area contributed by atoms with Gasteiger partial charge in [-0.15, -0.1) is 0 Å². The van der Waals surface area contributed by atoms with Crippen molar-refractivity contribution in [1.82, 2.24) is 9.88 Å². The lowest BCUT2D eigenvalue weighted by Crippen LogP contribution is -2.44. The number of rotatable bonds is 7. The van der Waals surface area contributed by atoms with Gasteiger partial charge >= 0.3 is 5.97 Å². The predicted octanol–water partition coefficient (Wildman–Crippen LogP) is 2.29. The van der Waals surface area contributed by atoms with Gasteiger partial charge in [-0.2, -0.15) is 0 Å². The highest BCUT2D eigenvalue weighted by atomic mass is 32.2. The molecule has 0 aliphatic heterocycles. The molecule has 0 aliphatic rings. The van der Waals surface area contributed by atoms with E-state index in [0.29, 0.717) is 16.5 Å². The van der Waals surface area contributed by atoms with Gasteiger partial charge in [-0.3, -0.25) is 4.79 Å². The van der Waals surface area contributed by atoms with Crippen LogP contribution in [0.25, 0.3) is 11.0 Å². The van der Waals surface area contributed by atoms with E-state index in [0.717, 1.165) is 0 Å². The van der Waals surface area contributed by atoms with E-state index in [4.69, 9.17) is 4.52 Å². The molecule has 0 bridgehead atoms. The van der Waals surface area contributed by atoms with Gasteiger partial charge in [0.15, 0.2) is 5.58 Å². The number of nitrogens with zero attached hydrogens (tertiary/aromatic N) is 1. The molecule has 8 heteroatoms. The SMILES string of the molecule is CC(CNS(=O)(=O)Cc1noc2ccccc12)(C(=O)O)c1ccccc1. The zero-order valence-electron chi connectivity index (χ0n) is 14.0. The van der Waals surface area contributed by atoms with Crippen molar-refractivity contribution >= 4 is 27.0 Å². The van der Waals surface area contributed by atoms with Crippen LogP contribution < -0.4 is 4.72 Å². The summed E-state index contributed by atoms with van der Waals surface area (Å²) in [6.07, 6.45) is 0. The Kier molecular flexibility index (Phi) is 4.80. The summed E-state index contributed by atoms with van der Waals surface area (Å²) in [4.78, 5) is 11.8. The molecule has 26 heavy (non-hydrogen) atoms. The zero-order valence-corrected chi connectivity index (χ0v) is 14.9. The summed E-state index contributed by atoms with van der Waals surface area (Å²) in [5.41, 5.74) is -0.0930. The normalized spacial score (nSPS) is 14.2. The monoisotopic (exact) mass is 374 g/mol. The quantitative estimate of drug-likeness (QED) is 0.657. The van der Waals surface area contributed by atoms with Crippen LogP contribution in [-0.2, 0) is 26.0 Å². The van der Waals surface area contributed by atoms with Gasteiger partial charge in [0.2, 0.25) is 10.0 Å². The highest BCUT2D eigenvalue weighted by Gasteiger charge is 2.36. The Morgan fingerprint density at radius 2 is 1.81 bits per heavy atom. The van der Waals surface area contributed by atoms with Crippen LogP contribution in [0.4, 0.5) is 0 Å². The fraction of sp³-hybridized carbons (Fsp3) is 0.222. The molecule has 1 heterocycles. The number of carboxylic acids is 1. The number of aromatic nitrogens is 1. The van der Waals surface area contributed by atoms with Crippen molar-refractivity contribution < 1.29 is 22.8 Å². The van der Waals surface area contributed by atoms with Gasteiger partial charge in [-0.05, 0) is 24.6 Å². The Balaban J connectivity index is 1.79. The van der Waals surface area contributed by atoms with E-state index in [1.54, 1.807) is 54.6 Å². The summed E-state index contributed by atoms with van der Waals surface area (Å²) < 4.78 is 32.4. The second-order valence-corrected chi connectivity index (χ2v) is 8.02. The lowest BCUT2D eigenvalue weighted by Gasteiger charge is -2.25. The van der Waals surface area contributed by atoms with Crippen LogP contribution in [0.2, 0.25) is 0 Å². The first-order chi connectivity index (χ1) is 12.3. The van der Waals surface area contributed by atoms with Gasteiger partial charge in [-0.1, -0.05) is 47.6 Å². The minimum absolute atomic E-state index is 0.273. The number of nitrogens with one attached hydrogen (secondary N) is 1. The molecule has 2 N–H and O–H groups in total. The highest BCUT2D eigenvalue weighted by molar-refractivity contribution is 7.88. The van der Waals surface area contributed by atoms with E-state index < -0.39 is 27.2 Å². The number of sulfonamides is 1. The molecule has 7 nitrogen and oxygen atoms in total. The molecule has 2 aromatic carbocycles. The topological polar surface area (TPSA) is 110 Å². The van der Waals surface area contributed by atoms with Crippen molar-refractivity contribution in [2.24, 2.45) is 0 Å². The van der Waals surface area contributed by atoms with E-state index in [1.165, 1.54) is 6.92 Å². The molecular formula is C18H18N2O5S. The number of hydrogen-bond acceptors (Lipinski definition) is 5. The standard InChI is InChI=1S/C18H18N2O5S/c1-18(17(21)22,13-7-3-2-4-8-13)12-19-26(23,24)11-15-14-9-5-6-10-16(14)25-20-15/h2-10,19H,11-12H2,1H3,(H,21,22). The maximum Gasteiger partial charge on any atom is 0.315 e. The molecule has 1 aromatic heterocycles. The van der Waals surface area contributed by atoms with E-state index in [2.05, 4.69) is 9.88 Å².